The summed E-state index contributed by atoms with van der Waals surface area (Å²) in [5.74, 6) is 0.0487. The number of sulfonamides is 1. The van der Waals surface area contributed by atoms with E-state index in [0.29, 0.717) is 57.5 Å². The van der Waals surface area contributed by atoms with Gasteiger partial charge < -0.3 is 19.7 Å². The number of pyridine rings is 1. The van der Waals surface area contributed by atoms with Crippen LogP contribution in [-0.2, 0) is 30.0 Å². The van der Waals surface area contributed by atoms with E-state index < -0.39 is 16.1 Å². The van der Waals surface area contributed by atoms with Gasteiger partial charge in [0.05, 0.1) is 30.2 Å². The highest BCUT2D eigenvalue weighted by Gasteiger charge is 2.39. The lowest BCUT2D eigenvalue weighted by Gasteiger charge is -2.42. The minimum absolute atomic E-state index is 0.0102. The monoisotopic (exact) mass is 702 g/mol. The van der Waals surface area contributed by atoms with E-state index in [9.17, 15) is 18.5 Å². The minimum Gasteiger partial charge on any atom is -0.364 e. The maximum Gasteiger partial charge on any atom is 0.321 e. The highest BCUT2D eigenvalue weighted by molar-refractivity contribution is 9.10. The fourth-order valence-corrected chi connectivity index (χ4v) is 8.14. The van der Waals surface area contributed by atoms with Crippen LogP contribution in [0.2, 0.25) is 0 Å². The summed E-state index contributed by atoms with van der Waals surface area (Å²) in [6.07, 6.45) is 6.87. The molecule has 0 spiro atoms. The molecule has 0 radical (unpaired) electrons. The first kappa shape index (κ1) is 31.7. The number of amides is 2. The van der Waals surface area contributed by atoms with Gasteiger partial charge in [-0.15, -0.1) is 0 Å². The first-order valence-electron chi connectivity index (χ1n) is 15.2. The van der Waals surface area contributed by atoms with Crippen molar-refractivity contribution in [3.05, 3.63) is 101 Å². The van der Waals surface area contributed by atoms with E-state index in [2.05, 4.69) is 42.2 Å². The van der Waals surface area contributed by atoms with Crippen molar-refractivity contribution in [3.8, 4) is 6.07 Å². The lowest BCUT2D eigenvalue weighted by atomic mass is 9.93. The maximum absolute atomic E-state index is 14.3. The van der Waals surface area contributed by atoms with Gasteiger partial charge in [0, 0.05) is 67.5 Å². The van der Waals surface area contributed by atoms with Crippen molar-refractivity contribution in [2.45, 2.75) is 36.9 Å². The van der Waals surface area contributed by atoms with Crippen molar-refractivity contribution in [1.29, 1.82) is 5.26 Å². The van der Waals surface area contributed by atoms with Gasteiger partial charge in [-0.2, -0.15) is 9.57 Å². The zero-order chi connectivity index (χ0) is 32.3. The Kier molecular flexibility index (Phi) is 9.39. The van der Waals surface area contributed by atoms with Crippen molar-refractivity contribution in [3.63, 3.8) is 0 Å². The molecule has 11 nitrogen and oxygen atoms in total. The molecule has 0 bridgehead atoms. The summed E-state index contributed by atoms with van der Waals surface area (Å²) in [7, 11) is -2.03. The standard InChI is InChI=1S/C33H35BrN8O3S/c1-39-23-36-19-30(39)22-41-21-29(17-26-16-25(18-35)5-10-31(26)41)42(46(44,45)32-4-2-3-13-37-32)20-24-11-14-40(15-12-24)33(43)38-28-8-6-27(34)7-9-28/h2-10,13,16,19,23-24,29H,11-12,14-15,17,20-22H2,1H3,(H,38,43). The van der Waals surface area contributed by atoms with Gasteiger partial charge in [-0.25, -0.2) is 23.2 Å². The molecule has 0 aliphatic carbocycles. The molecule has 13 heteroatoms. The molecule has 2 aromatic heterocycles. The summed E-state index contributed by atoms with van der Waals surface area (Å²) in [5.41, 5.74) is 4.15. The van der Waals surface area contributed by atoms with Gasteiger partial charge in [0.2, 0.25) is 0 Å². The summed E-state index contributed by atoms with van der Waals surface area (Å²) < 4.78 is 33.1. The number of carbonyl (C=O) groups is 1. The number of imidazole rings is 1. The van der Waals surface area contributed by atoms with E-state index in [0.717, 1.165) is 27.1 Å². The number of benzene rings is 2. The number of aromatic nitrogens is 3. The van der Waals surface area contributed by atoms with Crippen LogP contribution in [0.1, 0.15) is 29.7 Å². The Morgan fingerprint density at radius 1 is 1.13 bits per heavy atom. The second kappa shape index (κ2) is 13.6. The van der Waals surface area contributed by atoms with Gasteiger partial charge in [0.25, 0.3) is 10.0 Å². The number of piperidine rings is 1. The molecule has 2 aromatic carbocycles. The molecular weight excluding hydrogens is 668 g/mol. The number of nitrogens with zero attached hydrogens (tertiary/aromatic N) is 7. The minimum atomic E-state index is -3.97. The van der Waals surface area contributed by atoms with Gasteiger partial charge in [-0.1, -0.05) is 22.0 Å². The molecular formula is C33H35BrN8O3S. The number of hydrogen-bond acceptors (Lipinski definition) is 7. The molecule has 1 unspecified atom stereocenters. The van der Waals surface area contributed by atoms with Crippen LogP contribution in [0.4, 0.5) is 16.2 Å². The number of rotatable bonds is 8. The molecule has 2 aliphatic rings. The van der Waals surface area contributed by atoms with Crippen LogP contribution in [-0.4, -0.2) is 70.4 Å². The lowest BCUT2D eigenvalue weighted by Crippen LogP contribution is -2.53. The SMILES string of the molecule is Cn1cncc1CN1CC(N(CC2CCN(C(=O)Nc3ccc(Br)cc3)CC2)S(=O)(=O)c2ccccn2)Cc2cc(C#N)ccc21. The Hall–Kier alpha value is -4.25. The van der Waals surface area contributed by atoms with E-state index >= 15 is 0 Å². The Labute approximate surface area is 277 Å². The van der Waals surface area contributed by atoms with Crippen LogP contribution in [0.5, 0.6) is 0 Å². The summed E-state index contributed by atoms with van der Waals surface area (Å²) >= 11 is 3.41. The van der Waals surface area contributed by atoms with Crippen molar-refractivity contribution in [2.24, 2.45) is 13.0 Å². The fourth-order valence-electron chi connectivity index (χ4n) is 6.25. The van der Waals surface area contributed by atoms with Gasteiger partial charge in [0.1, 0.15) is 0 Å². The normalized spacial score (nSPS) is 17.0. The predicted octanol–water partition coefficient (Wildman–Crippen LogP) is 5.02. The highest BCUT2D eigenvalue weighted by Crippen LogP contribution is 2.34. The molecule has 1 atom stereocenters. The van der Waals surface area contributed by atoms with Crippen molar-refractivity contribution < 1.29 is 13.2 Å². The van der Waals surface area contributed by atoms with Crippen molar-refractivity contribution >= 4 is 43.4 Å². The Bertz CT molecular complexity index is 1830. The van der Waals surface area contributed by atoms with E-state index in [-0.39, 0.29) is 17.0 Å². The molecule has 0 saturated carbocycles. The molecule has 1 saturated heterocycles. The number of nitriles is 1. The number of aryl methyl sites for hydroxylation is 1. The van der Waals surface area contributed by atoms with E-state index in [4.69, 9.17) is 0 Å². The van der Waals surface area contributed by atoms with Gasteiger partial charge in [0.15, 0.2) is 5.03 Å². The molecule has 4 aromatic rings. The molecule has 6 rings (SSSR count). The molecule has 46 heavy (non-hydrogen) atoms. The number of hydrogen-bond donors (Lipinski definition) is 1. The summed E-state index contributed by atoms with van der Waals surface area (Å²) in [4.78, 5) is 25.5. The number of anilines is 2. The van der Waals surface area contributed by atoms with Gasteiger partial charge in [-0.05, 0) is 85.3 Å². The third-order valence-corrected chi connectivity index (χ3v) is 11.1. The Morgan fingerprint density at radius 2 is 1.91 bits per heavy atom. The molecule has 4 heterocycles. The zero-order valence-electron chi connectivity index (χ0n) is 25.5. The average Bonchev–Trinajstić information content (AvgIpc) is 3.48. The highest BCUT2D eigenvalue weighted by atomic mass is 79.9. The molecule has 1 fully saturated rings. The van der Waals surface area contributed by atoms with Crippen LogP contribution in [0.15, 0.2) is 88.9 Å². The third-order valence-electron chi connectivity index (χ3n) is 8.76. The first-order valence-corrected chi connectivity index (χ1v) is 17.4. The van der Waals surface area contributed by atoms with Crippen LogP contribution >= 0.6 is 15.9 Å². The number of nitrogens with one attached hydrogen (secondary N) is 1. The number of carbonyl (C=O) groups excluding carboxylic acids is 1. The maximum atomic E-state index is 14.3. The van der Waals surface area contributed by atoms with Crippen LogP contribution < -0.4 is 10.2 Å². The Morgan fingerprint density at radius 3 is 2.59 bits per heavy atom. The lowest BCUT2D eigenvalue weighted by molar-refractivity contribution is 0.165. The number of halogens is 1. The van der Waals surface area contributed by atoms with Crippen LogP contribution in [0, 0.1) is 17.2 Å². The van der Waals surface area contributed by atoms with Crippen molar-refractivity contribution in [2.75, 3.05) is 36.4 Å². The quantitative estimate of drug-likeness (QED) is 0.273. The summed E-state index contributed by atoms with van der Waals surface area (Å²) in [6, 6.07) is 19.6. The van der Waals surface area contributed by atoms with Gasteiger partial charge in [-0.3, -0.25) is 0 Å². The smallest absolute Gasteiger partial charge is 0.321 e. The van der Waals surface area contributed by atoms with Gasteiger partial charge >= 0.3 is 6.03 Å². The second-order valence-corrected chi connectivity index (χ2v) is 14.6. The third kappa shape index (κ3) is 6.94. The summed E-state index contributed by atoms with van der Waals surface area (Å²) in [5, 5.41) is 12.6. The molecule has 238 valence electrons. The molecule has 1 N–H and O–H groups in total. The second-order valence-electron chi connectivity index (χ2n) is 11.8. The zero-order valence-corrected chi connectivity index (χ0v) is 27.9. The molecule has 2 amide bonds. The van der Waals surface area contributed by atoms with E-state index in [1.54, 1.807) is 33.7 Å². The van der Waals surface area contributed by atoms with E-state index in [1.165, 1.54) is 12.3 Å². The average molecular weight is 704 g/mol. The topological polar surface area (TPSA) is 127 Å². The number of urea groups is 1. The van der Waals surface area contributed by atoms with E-state index in [1.807, 2.05) is 54.2 Å². The Balaban J connectivity index is 1.25. The largest absolute Gasteiger partial charge is 0.364 e. The molecule has 2 aliphatic heterocycles. The fraction of sp³-hybridized carbons (Fsp3) is 0.333. The predicted molar refractivity (Wildman–Crippen MR) is 178 cm³/mol. The van der Waals surface area contributed by atoms with Crippen molar-refractivity contribution in [1.82, 2.24) is 23.7 Å². The number of likely N-dealkylation sites (tertiary alicyclic amines) is 1. The number of fused-ring (bicyclic) bond motifs is 1. The van der Waals surface area contributed by atoms with Crippen LogP contribution in [0.25, 0.3) is 0 Å². The summed E-state index contributed by atoms with van der Waals surface area (Å²) in [6.45, 7) is 2.35. The van der Waals surface area contributed by atoms with Crippen LogP contribution in [0.3, 0.4) is 0 Å². The first-order chi connectivity index (χ1) is 22.2.